The van der Waals surface area contributed by atoms with Crippen molar-refractivity contribution < 1.29 is 5.11 Å². The summed E-state index contributed by atoms with van der Waals surface area (Å²) in [5, 5.41) is 8.56. The Bertz CT molecular complexity index is 51.7. The molecule has 0 saturated heterocycles. The number of hydrogen-bond acceptors (Lipinski definition) is 1. The fourth-order valence-corrected chi connectivity index (χ4v) is 1.26. The molecule has 3 heteroatoms. The minimum Gasteiger partial charge on any atom is -0.396 e. The molecule has 1 nitrogen and oxygen atoms in total. The fourth-order valence-electron chi connectivity index (χ4n) is 0.482. The van der Waals surface area contributed by atoms with E-state index in [4.69, 9.17) is 5.11 Å². The van der Waals surface area contributed by atoms with Gasteiger partial charge < -0.3 is 5.11 Å². The van der Waals surface area contributed by atoms with Crippen LogP contribution in [0.25, 0.3) is 0 Å². The minimum atomic E-state index is 0.352. The zero-order chi connectivity index (χ0) is 6.41. The molecule has 0 rings (SSSR count). The summed E-state index contributed by atoms with van der Waals surface area (Å²) in [4.78, 5) is 0. The van der Waals surface area contributed by atoms with Crippen molar-refractivity contribution in [2.24, 2.45) is 5.92 Å². The standard InChI is InChI=1S/C5H14BOP/c1-5(4-7)2-3-8-6/h5,7-8H,2-4,6H2,1H3. The van der Waals surface area contributed by atoms with Gasteiger partial charge in [0.15, 0.2) is 0 Å². The molecule has 0 fully saturated rings. The third kappa shape index (κ3) is 4.61. The highest BCUT2D eigenvalue weighted by molar-refractivity contribution is 7.66. The van der Waals surface area contributed by atoms with E-state index in [1.807, 2.05) is 0 Å². The molecule has 1 N–H and O–H groups in total. The molecule has 2 unspecified atom stereocenters. The first-order valence-corrected chi connectivity index (χ1v) is 4.77. The predicted molar refractivity (Wildman–Crippen MR) is 42.6 cm³/mol. The number of aliphatic hydroxyl groups is 1. The highest BCUT2D eigenvalue weighted by atomic mass is 31.1. The van der Waals surface area contributed by atoms with Crippen LogP contribution in [0, 0.1) is 5.92 Å². The molecule has 0 amide bonds. The van der Waals surface area contributed by atoms with E-state index in [1.165, 1.54) is 12.6 Å². The summed E-state index contributed by atoms with van der Waals surface area (Å²) in [6.07, 6.45) is 2.47. The summed E-state index contributed by atoms with van der Waals surface area (Å²) in [5.74, 6) is 0.516. The number of rotatable bonds is 4. The Labute approximate surface area is 54.0 Å². The molecule has 0 spiro atoms. The molecule has 48 valence electrons. The van der Waals surface area contributed by atoms with Gasteiger partial charge in [0.2, 0.25) is 0 Å². The zero-order valence-corrected chi connectivity index (χ0v) is 6.65. The van der Waals surface area contributed by atoms with Crippen LogP contribution in [-0.2, 0) is 0 Å². The quantitative estimate of drug-likeness (QED) is 0.428. The van der Waals surface area contributed by atoms with Crippen molar-refractivity contribution in [1.29, 1.82) is 0 Å². The van der Waals surface area contributed by atoms with Crippen LogP contribution in [0.1, 0.15) is 13.3 Å². The lowest BCUT2D eigenvalue weighted by Crippen LogP contribution is -2.00. The second-order valence-corrected chi connectivity index (χ2v) is 3.39. The van der Waals surface area contributed by atoms with E-state index < -0.39 is 0 Å². The highest BCUT2D eigenvalue weighted by Crippen LogP contribution is 2.08. The molecule has 0 radical (unpaired) electrons. The van der Waals surface area contributed by atoms with Crippen molar-refractivity contribution in [3.05, 3.63) is 0 Å². The lowest BCUT2D eigenvalue weighted by molar-refractivity contribution is 0.235. The maximum Gasteiger partial charge on any atom is 0.130 e. The molecule has 0 aromatic heterocycles. The molecule has 0 saturated carbocycles. The monoisotopic (exact) mass is 132 g/mol. The van der Waals surface area contributed by atoms with Crippen LogP contribution < -0.4 is 0 Å². The topological polar surface area (TPSA) is 20.2 Å². The van der Waals surface area contributed by atoms with Crippen molar-refractivity contribution in [1.82, 2.24) is 0 Å². The summed E-state index contributed by atoms with van der Waals surface area (Å²) < 4.78 is 0. The Morgan fingerprint density at radius 1 is 1.75 bits per heavy atom. The molecule has 8 heavy (non-hydrogen) atoms. The Morgan fingerprint density at radius 2 is 2.38 bits per heavy atom. The van der Waals surface area contributed by atoms with Gasteiger partial charge in [0, 0.05) is 6.61 Å². The fraction of sp³-hybridized carbons (Fsp3) is 1.00. The van der Waals surface area contributed by atoms with Crippen LogP contribution in [0.15, 0.2) is 0 Å². The molecular formula is C5H14BOP. The van der Waals surface area contributed by atoms with Gasteiger partial charge in [-0.2, -0.15) is 8.46 Å². The van der Waals surface area contributed by atoms with Gasteiger partial charge in [0.25, 0.3) is 0 Å². The summed E-state index contributed by atoms with van der Waals surface area (Å²) in [6, 6.07) is 0. The van der Waals surface area contributed by atoms with Gasteiger partial charge in [-0.25, -0.2) is 0 Å². The molecule has 0 bridgehead atoms. The lowest BCUT2D eigenvalue weighted by Gasteiger charge is -2.03. The van der Waals surface area contributed by atoms with Gasteiger partial charge in [-0.3, -0.25) is 0 Å². The van der Waals surface area contributed by atoms with Gasteiger partial charge in [0.05, 0.1) is 0 Å². The average Bonchev–Trinajstić information content (AvgIpc) is 1.83. The normalized spacial score (nSPS) is 15.2. The highest BCUT2D eigenvalue weighted by Gasteiger charge is 1.95. The Hall–Kier alpha value is 0.455. The molecule has 0 heterocycles. The first-order chi connectivity index (χ1) is 3.81. The summed E-state index contributed by atoms with van der Waals surface area (Å²) in [7, 11) is 3.24. The molecule has 0 aliphatic heterocycles. The van der Waals surface area contributed by atoms with Crippen LogP contribution in [0.4, 0.5) is 0 Å². The lowest BCUT2D eigenvalue weighted by atomic mass is 10.1. The Kier molecular flexibility index (Phi) is 5.91. The molecule has 0 aliphatic rings. The average molecular weight is 132 g/mol. The van der Waals surface area contributed by atoms with E-state index in [2.05, 4.69) is 14.5 Å². The second kappa shape index (κ2) is 5.59. The third-order valence-electron chi connectivity index (χ3n) is 1.20. The van der Waals surface area contributed by atoms with Crippen LogP contribution >= 0.6 is 8.46 Å². The Balaban J connectivity index is 2.86. The molecular weight excluding hydrogens is 118 g/mol. The van der Waals surface area contributed by atoms with Gasteiger partial charge >= 0.3 is 0 Å². The van der Waals surface area contributed by atoms with Crippen LogP contribution in [0.3, 0.4) is 0 Å². The minimum absolute atomic E-state index is 0.352. The van der Waals surface area contributed by atoms with E-state index in [-0.39, 0.29) is 0 Å². The maximum absolute atomic E-state index is 8.56. The van der Waals surface area contributed by atoms with E-state index in [0.29, 0.717) is 12.5 Å². The van der Waals surface area contributed by atoms with Crippen LogP contribution in [0.5, 0.6) is 0 Å². The van der Waals surface area contributed by atoms with Crippen molar-refractivity contribution >= 4 is 16.0 Å². The SMILES string of the molecule is BPCCC(C)CO. The summed E-state index contributed by atoms with van der Waals surface area (Å²) in [5.41, 5.74) is 0. The smallest absolute Gasteiger partial charge is 0.130 e. The Morgan fingerprint density at radius 3 is 2.75 bits per heavy atom. The van der Waals surface area contributed by atoms with Gasteiger partial charge in [0.1, 0.15) is 7.57 Å². The van der Waals surface area contributed by atoms with Crippen LogP contribution in [0.2, 0.25) is 0 Å². The third-order valence-corrected chi connectivity index (χ3v) is 1.99. The summed E-state index contributed by atoms with van der Waals surface area (Å²) in [6.45, 7) is 2.44. The molecule has 0 aliphatic carbocycles. The summed E-state index contributed by atoms with van der Waals surface area (Å²) >= 11 is 0. The first kappa shape index (κ1) is 8.45. The van der Waals surface area contributed by atoms with E-state index in [0.717, 1.165) is 8.46 Å². The van der Waals surface area contributed by atoms with E-state index in [1.54, 1.807) is 0 Å². The van der Waals surface area contributed by atoms with Crippen molar-refractivity contribution in [3.63, 3.8) is 0 Å². The van der Waals surface area contributed by atoms with Gasteiger partial charge in [-0.15, -0.1) is 0 Å². The first-order valence-electron chi connectivity index (χ1n) is 3.06. The number of hydrogen-bond donors (Lipinski definition) is 1. The largest absolute Gasteiger partial charge is 0.396 e. The number of aliphatic hydroxyl groups excluding tert-OH is 1. The van der Waals surface area contributed by atoms with Crippen molar-refractivity contribution in [2.75, 3.05) is 12.8 Å². The van der Waals surface area contributed by atoms with Gasteiger partial charge in [-0.1, -0.05) is 6.92 Å². The molecule has 2 atom stereocenters. The molecule has 0 aromatic carbocycles. The van der Waals surface area contributed by atoms with Crippen LogP contribution in [-0.4, -0.2) is 25.4 Å². The van der Waals surface area contributed by atoms with Crippen molar-refractivity contribution in [2.45, 2.75) is 13.3 Å². The zero-order valence-electron chi connectivity index (χ0n) is 5.65. The van der Waals surface area contributed by atoms with E-state index >= 15 is 0 Å². The maximum atomic E-state index is 8.56. The van der Waals surface area contributed by atoms with Gasteiger partial charge in [-0.05, 0) is 18.5 Å². The van der Waals surface area contributed by atoms with Crippen molar-refractivity contribution in [3.8, 4) is 0 Å². The molecule has 0 aromatic rings. The predicted octanol–water partition coefficient (Wildman–Crippen LogP) is 0.231. The van der Waals surface area contributed by atoms with E-state index in [9.17, 15) is 0 Å². The second-order valence-electron chi connectivity index (χ2n) is 2.18.